The number of anilines is 1. The summed E-state index contributed by atoms with van der Waals surface area (Å²) in [5, 5.41) is 2.45. The summed E-state index contributed by atoms with van der Waals surface area (Å²) in [6.07, 6.45) is 6.53. The van der Waals surface area contributed by atoms with Crippen molar-refractivity contribution >= 4 is 41.2 Å². The van der Waals surface area contributed by atoms with Crippen molar-refractivity contribution in [3.05, 3.63) is 94.5 Å². The number of hydrogen-bond acceptors (Lipinski definition) is 5. The van der Waals surface area contributed by atoms with Crippen molar-refractivity contribution in [2.45, 2.75) is 6.61 Å². The van der Waals surface area contributed by atoms with Crippen molar-refractivity contribution < 1.29 is 23.9 Å². The number of urea groups is 1. The quantitative estimate of drug-likeness (QED) is 0.300. The average molecular weight is 487 g/mol. The van der Waals surface area contributed by atoms with Crippen LogP contribution in [0.1, 0.15) is 11.1 Å². The van der Waals surface area contributed by atoms with Crippen LogP contribution >= 0.6 is 11.6 Å². The third kappa shape index (κ3) is 5.52. The molecule has 0 aliphatic carbocycles. The number of nitrogens with zero attached hydrogens (tertiary/aromatic N) is 1. The Balaban J connectivity index is 1.52. The number of carbonyl (C=O) groups is 3. The number of carbonyl (C=O) groups excluding carboxylic acids is 3. The number of rotatable bonds is 7. The van der Waals surface area contributed by atoms with Crippen molar-refractivity contribution in [3.63, 3.8) is 0 Å². The first-order valence-electron chi connectivity index (χ1n) is 10.5. The van der Waals surface area contributed by atoms with Crippen LogP contribution in [0.3, 0.4) is 0 Å². The van der Waals surface area contributed by atoms with Crippen molar-refractivity contribution in [1.82, 2.24) is 5.32 Å². The van der Waals surface area contributed by atoms with E-state index in [0.29, 0.717) is 23.7 Å². The van der Waals surface area contributed by atoms with E-state index in [1.807, 2.05) is 30.3 Å². The highest BCUT2D eigenvalue weighted by molar-refractivity contribution is 6.39. The number of nitrogens with one attached hydrogen (secondary N) is 1. The Kier molecular flexibility index (Phi) is 7.15. The first-order chi connectivity index (χ1) is 17.0. The number of terminal acetylenes is 1. The van der Waals surface area contributed by atoms with Crippen molar-refractivity contribution in [3.8, 4) is 23.8 Å². The maximum Gasteiger partial charge on any atom is 0.335 e. The summed E-state index contributed by atoms with van der Waals surface area (Å²) < 4.78 is 11.1. The normalized spacial score (nSPS) is 14.5. The van der Waals surface area contributed by atoms with Gasteiger partial charge >= 0.3 is 6.03 Å². The minimum absolute atomic E-state index is 0.0498. The highest BCUT2D eigenvalue weighted by Crippen LogP contribution is 2.28. The summed E-state index contributed by atoms with van der Waals surface area (Å²) in [7, 11) is 0. The van der Waals surface area contributed by atoms with Crippen LogP contribution in [-0.4, -0.2) is 24.5 Å². The summed E-state index contributed by atoms with van der Waals surface area (Å²) >= 11 is 6.20. The summed E-state index contributed by atoms with van der Waals surface area (Å²) in [4.78, 5) is 38.9. The van der Waals surface area contributed by atoms with Crippen LogP contribution in [0.15, 0.2) is 78.4 Å². The van der Waals surface area contributed by atoms with E-state index < -0.39 is 17.8 Å². The number of benzene rings is 3. The monoisotopic (exact) mass is 486 g/mol. The van der Waals surface area contributed by atoms with E-state index in [-0.39, 0.29) is 22.9 Å². The van der Waals surface area contributed by atoms with Gasteiger partial charge in [-0.2, -0.15) is 0 Å². The van der Waals surface area contributed by atoms with Gasteiger partial charge in [-0.15, -0.1) is 6.42 Å². The van der Waals surface area contributed by atoms with Gasteiger partial charge in [0.25, 0.3) is 11.8 Å². The van der Waals surface area contributed by atoms with E-state index in [1.54, 1.807) is 36.4 Å². The average Bonchev–Trinajstić information content (AvgIpc) is 2.86. The van der Waals surface area contributed by atoms with Crippen LogP contribution in [-0.2, 0) is 16.2 Å². The maximum atomic E-state index is 13.1. The molecule has 8 heteroatoms. The van der Waals surface area contributed by atoms with Gasteiger partial charge in [0.2, 0.25) is 0 Å². The minimum atomic E-state index is -0.842. The fourth-order valence-electron chi connectivity index (χ4n) is 3.33. The van der Waals surface area contributed by atoms with Crippen LogP contribution < -0.4 is 19.7 Å². The second-order valence-electron chi connectivity index (χ2n) is 7.41. The molecule has 3 aromatic carbocycles. The third-order valence-corrected chi connectivity index (χ3v) is 5.32. The smallest absolute Gasteiger partial charge is 0.335 e. The molecule has 35 heavy (non-hydrogen) atoms. The zero-order chi connectivity index (χ0) is 24.8. The highest BCUT2D eigenvalue weighted by Gasteiger charge is 2.36. The molecule has 0 saturated carbocycles. The van der Waals surface area contributed by atoms with Gasteiger partial charge in [0.1, 0.15) is 30.3 Å². The summed E-state index contributed by atoms with van der Waals surface area (Å²) in [6.45, 7) is 0.425. The van der Waals surface area contributed by atoms with Crippen LogP contribution in [0.2, 0.25) is 5.02 Å². The molecule has 0 radical (unpaired) electrons. The molecular formula is C27H19ClN2O5. The lowest BCUT2D eigenvalue weighted by Crippen LogP contribution is -2.54. The van der Waals surface area contributed by atoms with Crippen molar-refractivity contribution in [1.29, 1.82) is 0 Å². The number of amides is 4. The summed E-state index contributed by atoms with van der Waals surface area (Å²) in [6, 6.07) is 20.0. The predicted octanol–water partition coefficient (Wildman–Crippen LogP) is 4.60. The molecule has 0 aromatic heterocycles. The van der Waals surface area contributed by atoms with Gasteiger partial charge in [-0.25, -0.2) is 9.69 Å². The topological polar surface area (TPSA) is 84.9 Å². The van der Waals surface area contributed by atoms with Crippen LogP contribution in [0.4, 0.5) is 10.5 Å². The molecule has 4 rings (SSSR count). The second-order valence-corrected chi connectivity index (χ2v) is 7.82. The lowest BCUT2D eigenvalue weighted by Gasteiger charge is -2.26. The molecule has 0 spiro atoms. The SMILES string of the molecule is C#CCOc1ccc(/C=C2\C(=O)NC(=O)N(c3ccc(OCc4ccccc4)cc3)C2=O)cc1Cl. The van der Waals surface area contributed by atoms with E-state index in [9.17, 15) is 14.4 Å². The number of ether oxygens (including phenoxy) is 2. The molecule has 1 aliphatic heterocycles. The molecule has 0 atom stereocenters. The Bertz CT molecular complexity index is 1340. The largest absolute Gasteiger partial charge is 0.489 e. The highest BCUT2D eigenvalue weighted by atomic mass is 35.5. The molecule has 1 aliphatic rings. The number of barbiturate groups is 1. The molecule has 7 nitrogen and oxygen atoms in total. The molecular weight excluding hydrogens is 468 g/mol. The Morgan fingerprint density at radius 2 is 1.71 bits per heavy atom. The predicted molar refractivity (Wildman–Crippen MR) is 132 cm³/mol. The molecule has 1 N–H and O–H groups in total. The van der Waals surface area contributed by atoms with E-state index in [1.165, 1.54) is 12.1 Å². The molecule has 0 unspecified atom stereocenters. The first kappa shape index (κ1) is 23.6. The Morgan fingerprint density at radius 3 is 2.40 bits per heavy atom. The number of hydrogen-bond donors (Lipinski definition) is 1. The Labute approximate surface area is 206 Å². The second kappa shape index (κ2) is 10.6. The molecule has 1 heterocycles. The van der Waals surface area contributed by atoms with Gasteiger partial charge in [0.05, 0.1) is 10.7 Å². The molecule has 1 saturated heterocycles. The fourth-order valence-corrected chi connectivity index (χ4v) is 3.58. The summed E-state index contributed by atoms with van der Waals surface area (Å²) in [5.41, 5.74) is 1.54. The zero-order valence-electron chi connectivity index (χ0n) is 18.4. The fraction of sp³-hybridized carbons (Fsp3) is 0.0741. The van der Waals surface area contributed by atoms with Crippen LogP contribution in [0.25, 0.3) is 6.08 Å². The van der Waals surface area contributed by atoms with Gasteiger partial charge < -0.3 is 9.47 Å². The number of imide groups is 2. The lowest BCUT2D eigenvalue weighted by atomic mass is 10.1. The van der Waals surface area contributed by atoms with Gasteiger partial charge in [0, 0.05) is 0 Å². The van der Waals surface area contributed by atoms with E-state index >= 15 is 0 Å². The van der Waals surface area contributed by atoms with Crippen LogP contribution in [0.5, 0.6) is 11.5 Å². The van der Waals surface area contributed by atoms with Gasteiger partial charge in [-0.3, -0.25) is 14.9 Å². The Hall–Kier alpha value is -4.54. The first-order valence-corrected chi connectivity index (χ1v) is 10.9. The Morgan fingerprint density at radius 1 is 0.971 bits per heavy atom. The van der Waals surface area contributed by atoms with Gasteiger partial charge in [-0.1, -0.05) is 53.9 Å². The van der Waals surface area contributed by atoms with Crippen molar-refractivity contribution in [2.75, 3.05) is 11.5 Å². The van der Waals surface area contributed by atoms with E-state index in [4.69, 9.17) is 27.5 Å². The molecule has 174 valence electrons. The minimum Gasteiger partial charge on any atom is -0.489 e. The molecule has 1 fully saturated rings. The van der Waals surface area contributed by atoms with Crippen molar-refractivity contribution in [2.24, 2.45) is 0 Å². The number of halogens is 1. The standard InChI is InChI=1S/C27H19ClN2O5/c1-2-14-34-24-13-8-19(16-23(24)28)15-22-25(31)29-27(33)30(26(22)32)20-9-11-21(12-10-20)35-17-18-6-4-3-5-7-18/h1,3-13,15-16H,14,17H2,(H,29,31,33)/b22-15+. The van der Waals surface area contributed by atoms with Gasteiger partial charge in [0.15, 0.2) is 0 Å². The van der Waals surface area contributed by atoms with Gasteiger partial charge in [-0.05, 0) is 53.6 Å². The van der Waals surface area contributed by atoms with E-state index in [0.717, 1.165) is 10.5 Å². The maximum absolute atomic E-state index is 13.1. The molecule has 4 amide bonds. The zero-order valence-corrected chi connectivity index (χ0v) is 19.1. The molecule has 0 bridgehead atoms. The molecule has 3 aromatic rings. The van der Waals surface area contributed by atoms with Crippen LogP contribution in [0, 0.1) is 12.3 Å². The lowest BCUT2D eigenvalue weighted by molar-refractivity contribution is -0.122. The third-order valence-electron chi connectivity index (χ3n) is 5.02. The van der Waals surface area contributed by atoms with E-state index in [2.05, 4.69) is 11.2 Å². The summed E-state index contributed by atoms with van der Waals surface area (Å²) in [5.74, 6) is 1.71.